The van der Waals surface area contributed by atoms with Gasteiger partial charge < -0.3 is 9.82 Å². The van der Waals surface area contributed by atoms with Crippen LogP contribution < -0.4 is 0 Å². The number of halogens is 2. The van der Waals surface area contributed by atoms with E-state index >= 15 is 0 Å². The maximum atomic E-state index is 13.3. The molecule has 0 unspecified atom stereocenters. The second-order valence-electron chi connectivity index (χ2n) is 6.21. The first-order valence-electron chi connectivity index (χ1n) is 8.29. The minimum atomic E-state index is -0.217. The van der Waals surface area contributed by atoms with Gasteiger partial charge in [0.25, 0.3) is 0 Å². The van der Waals surface area contributed by atoms with Gasteiger partial charge in [0, 0.05) is 35.1 Å². The number of hydrogen-bond donors (Lipinski definition) is 1. The Labute approximate surface area is 150 Å². The lowest BCUT2D eigenvalue weighted by atomic mass is 10.1. The molecule has 3 aromatic rings. The molecule has 1 aliphatic heterocycles. The van der Waals surface area contributed by atoms with E-state index in [0.717, 1.165) is 46.8 Å². The van der Waals surface area contributed by atoms with Gasteiger partial charge in [0.2, 0.25) is 0 Å². The molecule has 1 N–H and O–H groups in total. The number of hydrogen-bond acceptors (Lipinski definition) is 2. The third-order valence-electron chi connectivity index (χ3n) is 4.40. The fraction of sp³-hybridized carbons (Fsp3) is 0.200. The summed E-state index contributed by atoms with van der Waals surface area (Å²) in [7, 11) is 0. The smallest absolute Gasteiger partial charge is 0.126 e. The molecular weight excluding hydrogens is 339 g/mol. The second-order valence-corrected chi connectivity index (χ2v) is 6.65. The van der Waals surface area contributed by atoms with E-state index in [0.29, 0.717) is 6.42 Å². The highest BCUT2D eigenvalue weighted by molar-refractivity contribution is 6.31. The lowest BCUT2D eigenvalue weighted by molar-refractivity contribution is -0.0914. The van der Waals surface area contributed by atoms with E-state index in [2.05, 4.69) is 11.1 Å². The van der Waals surface area contributed by atoms with Gasteiger partial charge >= 0.3 is 0 Å². The number of allylic oxidation sites excluding steroid dienone is 1. The van der Waals surface area contributed by atoms with Crippen LogP contribution in [0.5, 0.6) is 0 Å². The number of aromatic amines is 1. The van der Waals surface area contributed by atoms with E-state index in [1.165, 1.54) is 11.6 Å². The first kappa shape index (κ1) is 16.2. The molecule has 0 aliphatic carbocycles. The van der Waals surface area contributed by atoms with Crippen LogP contribution in [0.3, 0.4) is 0 Å². The normalized spacial score (nSPS) is 14.7. The van der Waals surface area contributed by atoms with Gasteiger partial charge in [-0.2, -0.15) is 0 Å². The van der Waals surface area contributed by atoms with E-state index in [9.17, 15) is 4.39 Å². The molecule has 0 amide bonds. The van der Waals surface area contributed by atoms with Crippen molar-refractivity contribution in [2.45, 2.75) is 12.8 Å². The topological polar surface area (TPSA) is 28.3 Å². The van der Waals surface area contributed by atoms with Crippen molar-refractivity contribution >= 4 is 22.5 Å². The maximum absolute atomic E-state index is 13.3. The molecular formula is C20H18ClFN2O. The summed E-state index contributed by atoms with van der Waals surface area (Å²) in [6, 6.07) is 12.5. The number of fused-ring (bicyclic) bond motifs is 1. The van der Waals surface area contributed by atoms with Crippen molar-refractivity contribution in [1.29, 1.82) is 0 Å². The van der Waals surface area contributed by atoms with Crippen LogP contribution in [0.15, 0.2) is 60.5 Å². The Kier molecular flexibility index (Phi) is 4.47. The number of hydroxylamine groups is 2. The van der Waals surface area contributed by atoms with Crippen molar-refractivity contribution in [2.24, 2.45) is 0 Å². The van der Waals surface area contributed by atoms with E-state index in [-0.39, 0.29) is 5.82 Å². The van der Waals surface area contributed by atoms with Crippen molar-refractivity contribution in [2.75, 3.05) is 13.1 Å². The van der Waals surface area contributed by atoms with Gasteiger partial charge in [-0.3, -0.25) is 0 Å². The van der Waals surface area contributed by atoms with Crippen molar-refractivity contribution < 1.29 is 9.23 Å². The fourth-order valence-electron chi connectivity index (χ4n) is 3.14. The number of aromatic nitrogens is 1. The molecule has 0 saturated heterocycles. The summed E-state index contributed by atoms with van der Waals surface area (Å²) in [6.45, 7) is 1.52. The number of H-pyrrole nitrogens is 1. The Balaban J connectivity index is 1.35. The van der Waals surface area contributed by atoms with Crippen molar-refractivity contribution in [3.63, 3.8) is 0 Å². The van der Waals surface area contributed by atoms with Gasteiger partial charge in [-0.05, 0) is 54.0 Å². The minimum absolute atomic E-state index is 0.217. The molecule has 0 atom stereocenters. The quantitative estimate of drug-likeness (QED) is 0.706. The van der Waals surface area contributed by atoms with Gasteiger partial charge in [0.05, 0.1) is 6.54 Å². The summed E-state index contributed by atoms with van der Waals surface area (Å²) >= 11 is 6.10. The van der Waals surface area contributed by atoms with Gasteiger partial charge in [-0.25, -0.2) is 4.39 Å². The number of rotatable bonds is 5. The number of nitrogens with one attached hydrogen (secondary N) is 1. The van der Waals surface area contributed by atoms with Crippen LogP contribution in [0.2, 0.25) is 5.02 Å². The van der Waals surface area contributed by atoms with Crippen LogP contribution in [-0.2, 0) is 17.7 Å². The lowest BCUT2D eigenvalue weighted by Gasteiger charge is -2.16. The summed E-state index contributed by atoms with van der Waals surface area (Å²) in [6.07, 6.45) is 5.55. The van der Waals surface area contributed by atoms with Crippen LogP contribution in [0.25, 0.3) is 10.9 Å². The molecule has 2 aromatic carbocycles. The molecule has 128 valence electrons. The van der Waals surface area contributed by atoms with Gasteiger partial charge in [0.15, 0.2) is 0 Å². The van der Waals surface area contributed by atoms with Gasteiger partial charge in [-0.15, -0.1) is 5.06 Å². The van der Waals surface area contributed by atoms with Crippen LogP contribution >= 0.6 is 11.6 Å². The molecule has 25 heavy (non-hydrogen) atoms. The summed E-state index contributed by atoms with van der Waals surface area (Å²) in [5.74, 6) is 0.651. The zero-order valence-corrected chi connectivity index (χ0v) is 14.4. The maximum Gasteiger partial charge on any atom is 0.126 e. The average molecular weight is 357 g/mol. The van der Waals surface area contributed by atoms with E-state index in [4.69, 9.17) is 16.4 Å². The molecule has 0 bridgehead atoms. The molecule has 3 nitrogen and oxygen atoms in total. The highest BCUT2D eigenvalue weighted by atomic mass is 35.5. The van der Waals surface area contributed by atoms with Crippen LogP contribution in [0.4, 0.5) is 4.39 Å². The molecule has 0 spiro atoms. The Hall–Kier alpha value is -2.30. The van der Waals surface area contributed by atoms with E-state index < -0.39 is 0 Å². The predicted octanol–water partition coefficient (Wildman–Crippen LogP) is 4.88. The fourth-order valence-corrected chi connectivity index (χ4v) is 3.31. The van der Waals surface area contributed by atoms with Gasteiger partial charge in [0.1, 0.15) is 11.6 Å². The molecule has 0 radical (unpaired) electrons. The standard InChI is InChI=1S/C20H18ClFN2O/c21-16-4-5-20-19(12-16)15(13-23-20)6-8-24-9-7-18(25-24)11-14-2-1-3-17(22)10-14/h1-5,7,10,12-13,23H,6,8-9,11H2. The van der Waals surface area contributed by atoms with Crippen LogP contribution in [0, 0.1) is 5.82 Å². The molecule has 1 aliphatic rings. The largest absolute Gasteiger partial charge is 0.410 e. The summed E-state index contributed by atoms with van der Waals surface area (Å²) in [5.41, 5.74) is 3.23. The number of benzene rings is 2. The molecule has 0 saturated carbocycles. The first-order chi connectivity index (χ1) is 12.2. The molecule has 4 rings (SSSR count). The summed E-state index contributed by atoms with van der Waals surface area (Å²) in [4.78, 5) is 9.15. The highest BCUT2D eigenvalue weighted by Gasteiger charge is 2.17. The van der Waals surface area contributed by atoms with E-state index in [1.807, 2.05) is 35.5 Å². The second kappa shape index (κ2) is 6.90. The van der Waals surface area contributed by atoms with Crippen LogP contribution in [0.1, 0.15) is 11.1 Å². The van der Waals surface area contributed by atoms with Crippen molar-refractivity contribution in [3.05, 3.63) is 82.5 Å². The van der Waals surface area contributed by atoms with Crippen molar-refractivity contribution in [1.82, 2.24) is 10.0 Å². The first-order valence-corrected chi connectivity index (χ1v) is 8.67. The SMILES string of the molecule is Fc1cccc(CC2=CCN(CCc3c[nH]c4ccc(Cl)cc34)O2)c1. The van der Waals surface area contributed by atoms with Crippen molar-refractivity contribution in [3.8, 4) is 0 Å². The molecule has 1 aromatic heterocycles. The minimum Gasteiger partial charge on any atom is -0.410 e. The predicted molar refractivity (Wildman–Crippen MR) is 97.9 cm³/mol. The Morgan fingerprint density at radius 2 is 2.12 bits per heavy atom. The zero-order chi connectivity index (χ0) is 17.2. The van der Waals surface area contributed by atoms with E-state index in [1.54, 1.807) is 12.1 Å². The molecule has 0 fully saturated rings. The third kappa shape index (κ3) is 3.70. The Morgan fingerprint density at radius 1 is 1.20 bits per heavy atom. The molecule has 2 heterocycles. The summed E-state index contributed by atoms with van der Waals surface area (Å²) < 4.78 is 13.3. The Bertz CT molecular complexity index is 934. The highest BCUT2D eigenvalue weighted by Crippen LogP contribution is 2.24. The summed E-state index contributed by atoms with van der Waals surface area (Å²) in [5, 5.41) is 3.82. The lowest BCUT2D eigenvalue weighted by Crippen LogP contribution is -2.22. The zero-order valence-electron chi connectivity index (χ0n) is 13.6. The number of nitrogens with zero attached hydrogens (tertiary/aromatic N) is 1. The van der Waals surface area contributed by atoms with Gasteiger partial charge in [-0.1, -0.05) is 23.7 Å². The van der Waals surface area contributed by atoms with Crippen LogP contribution in [-0.4, -0.2) is 23.1 Å². The average Bonchev–Trinajstić information content (AvgIpc) is 3.19. The molecule has 5 heteroatoms. The third-order valence-corrected chi connectivity index (χ3v) is 4.63. The Morgan fingerprint density at radius 3 is 3.00 bits per heavy atom. The monoisotopic (exact) mass is 356 g/mol.